The van der Waals surface area contributed by atoms with Crippen LogP contribution in [0.1, 0.15) is 18.4 Å². The largest absolute Gasteiger partial charge is 0.330 e. The standard InChI is InChI=1S/C15H22N2/c16-13-15-8-11-17(12-9-15)10-4-7-14-5-2-1-3-6-14/h1-7,15H,8-13,16H2/b7-4+. The molecule has 0 atom stereocenters. The summed E-state index contributed by atoms with van der Waals surface area (Å²) in [6, 6.07) is 10.5. The van der Waals surface area contributed by atoms with Crippen molar-refractivity contribution in [1.29, 1.82) is 0 Å². The molecule has 0 unspecified atom stereocenters. The fourth-order valence-electron chi connectivity index (χ4n) is 2.31. The van der Waals surface area contributed by atoms with Crippen molar-refractivity contribution in [1.82, 2.24) is 4.90 Å². The lowest BCUT2D eigenvalue weighted by Crippen LogP contribution is -2.36. The van der Waals surface area contributed by atoms with Crippen molar-refractivity contribution in [2.45, 2.75) is 12.8 Å². The van der Waals surface area contributed by atoms with Gasteiger partial charge in [0.15, 0.2) is 0 Å². The van der Waals surface area contributed by atoms with Crippen LogP contribution in [0.15, 0.2) is 36.4 Å². The molecule has 1 saturated heterocycles. The van der Waals surface area contributed by atoms with E-state index in [1.54, 1.807) is 0 Å². The highest BCUT2D eigenvalue weighted by molar-refractivity contribution is 5.48. The number of hydrogen-bond acceptors (Lipinski definition) is 2. The summed E-state index contributed by atoms with van der Waals surface area (Å²) in [5, 5.41) is 0. The maximum atomic E-state index is 5.69. The number of nitrogens with two attached hydrogens (primary N) is 1. The van der Waals surface area contributed by atoms with Gasteiger partial charge in [-0.15, -0.1) is 0 Å². The van der Waals surface area contributed by atoms with E-state index in [2.05, 4.69) is 47.4 Å². The number of benzene rings is 1. The molecule has 92 valence electrons. The predicted octanol–water partition coefficient (Wildman–Crippen LogP) is 2.37. The zero-order chi connectivity index (χ0) is 11.9. The quantitative estimate of drug-likeness (QED) is 0.860. The van der Waals surface area contributed by atoms with Gasteiger partial charge in [-0.05, 0) is 44.0 Å². The van der Waals surface area contributed by atoms with Crippen molar-refractivity contribution >= 4 is 6.08 Å². The molecule has 0 bridgehead atoms. The Labute approximate surface area is 104 Å². The van der Waals surface area contributed by atoms with Crippen LogP contribution in [-0.4, -0.2) is 31.1 Å². The van der Waals surface area contributed by atoms with Crippen molar-refractivity contribution < 1.29 is 0 Å². The van der Waals surface area contributed by atoms with Crippen molar-refractivity contribution in [3.8, 4) is 0 Å². The van der Waals surface area contributed by atoms with E-state index in [-0.39, 0.29) is 0 Å². The van der Waals surface area contributed by atoms with E-state index in [0.717, 1.165) is 19.0 Å². The Bertz CT molecular complexity index is 337. The van der Waals surface area contributed by atoms with Crippen LogP contribution in [0.3, 0.4) is 0 Å². The van der Waals surface area contributed by atoms with Crippen LogP contribution in [0.25, 0.3) is 6.08 Å². The molecule has 2 rings (SSSR count). The van der Waals surface area contributed by atoms with E-state index in [0.29, 0.717) is 0 Å². The predicted molar refractivity (Wildman–Crippen MR) is 73.7 cm³/mol. The molecule has 0 radical (unpaired) electrons. The van der Waals surface area contributed by atoms with Crippen LogP contribution in [0, 0.1) is 5.92 Å². The maximum Gasteiger partial charge on any atom is 0.0166 e. The Morgan fingerprint density at radius 1 is 1.18 bits per heavy atom. The second-order valence-electron chi connectivity index (χ2n) is 4.79. The first-order valence-electron chi connectivity index (χ1n) is 6.52. The first-order chi connectivity index (χ1) is 8.38. The first-order valence-corrected chi connectivity index (χ1v) is 6.52. The Morgan fingerprint density at radius 2 is 1.88 bits per heavy atom. The highest BCUT2D eigenvalue weighted by Gasteiger charge is 2.16. The van der Waals surface area contributed by atoms with E-state index in [1.807, 2.05) is 0 Å². The van der Waals surface area contributed by atoms with Crippen LogP contribution in [-0.2, 0) is 0 Å². The Balaban J connectivity index is 1.74. The van der Waals surface area contributed by atoms with Gasteiger partial charge in [-0.25, -0.2) is 0 Å². The second kappa shape index (κ2) is 6.58. The molecule has 2 nitrogen and oxygen atoms in total. The van der Waals surface area contributed by atoms with Gasteiger partial charge in [0.2, 0.25) is 0 Å². The monoisotopic (exact) mass is 230 g/mol. The Hall–Kier alpha value is -1.12. The molecule has 1 aromatic carbocycles. The Morgan fingerprint density at radius 3 is 2.53 bits per heavy atom. The fraction of sp³-hybridized carbons (Fsp3) is 0.467. The number of nitrogens with zero attached hydrogens (tertiary/aromatic N) is 1. The number of piperidine rings is 1. The van der Waals surface area contributed by atoms with Gasteiger partial charge in [0.25, 0.3) is 0 Å². The van der Waals surface area contributed by atoms with Gasteiger partial charge in [0, 0.05) is 6.54 Å². The number of rotatable bonds is 4. The third-order valence-electron chi connectivity index (χ3n) is 3.51. The fourth-order valence-corrected chi connectivity index (χ4v) is 2.31. The third-order valence-corrected chi connectivity index (χ3v) is 3.51. The zero-order valence-electron chi connectivity index (χ0n) is 10.4. The summed E-state index contributed by atoms with van der Waals surface area (Å²) in [5.41, 5.74) is 6.97. The lowest BCUT2D eigenvalue weighted by atomic mass is 9.97. The van der Waals surface area contributed by atoms with Gasteiger partial charge in [-0.3, -0.25) is 4.90 Å². The molecule has 0 amide bonds. The van der Waals surface area contributed by atoms with Gasteiger partial charge >= 0.3 is 0 Å². The van der Waals surface area contributed by atoms with Crippen molar-refractivity contribution in [3.63, 3.8) is 0 Å². The van der Waals surface area contributed by atoms with Crippen LogP contribution in [0.2, 0.25) is 0 Å². The topological polar surface area (TPSA) is 29.3 Å². The smallest absolute Gasteiger partial charge is 0.0166 e. The summed E-state index contributed by atoms with van der Waals surface area (Å²) in [4.78, 5) is 2.51. The van der Waals surface area contributed by atoms with Crippen LogP contribution in [0.4, 0.5) is 0 Å². The van der Waals surface area contributed by atoms with E-state index >= 15 is 0 Å². The minimum atomic E-state index is 0.754. The van der Waals surface area contributed by atoms with E-state index in [9.17, 15) is 0 Å². The molecule has 1 heterocycles. The zero-order valence-corrected chi connectivity index (χ0v) is 10.4. The van der Waals surface area contributed by atoms with Crippen LogP contribution < -0.4 is 5.73 Å². The van der Waals surface area contributed by atoms with E-state index in [1.165, 1.54) is 31.5 Å². The molecule has 0 spiro atoms. The molecule has 2 N–H and O–H groups in total. The molecule has 1 aromatic rings. The van der Waals surface area contributed by atoms with Gasteiger partial charge in [0.05, 0.1) is 0 Å². The molecule has 0 aromatic heterocycles. The highest BCUT2D eigenvalue weighted by Crippen LogP contribution is 2.15. The van der Waals surface area contributed by atoms with Crippen molar-refractivity contribution in [2.24, 2.45) is 11.7 Å². The summed E-state index contributed by atoms with van der Waals surface area (Å²) in [7, 11) is 0. The molecule has 1 aliphatic rings. The molecule has 0 aliphatic carbocycles. The molecular formula is C15H22N2. The average Bonchev–Trinajstić information content (AvgIpc) is 2.41. The third kappa shape index (κ3) is 3.99. The summed E-state index contributed by atoms with van der Waals surface area (Å²) in [6.45, 7) is 4.31. The van der Waals surface area contributed by atoms with E-state index in [4.69, 9.17) is 5.73 Å². The van der Waals surface area contributed by atoms with Crippen molar-refractivity contribution in [3.05, 3.63) is 42.0 Å². The molecular weight excluding hydrogens is 208 g/mol. The summed E-state index contributed by atoms with van der Waals surface area (Å²) >= 11 is 0. The van der Waals surface area contributed by atoms with Crippen LogP contribution >= 0.6 is 0 Å². The van der Waals surface area contributed by atoms with Gasteiger partial charge < -0.3 is 5.73 Å². The SMILES string of the molecule is NCC1CCN(C/C=C/c2ccccc2)CC1. The van der Waals surface area contributed by atoms with Gasteiger partial charge in [0.1, 0.15) is 0 Å². The highest BCUT2D eigenvalue weighted by atomic mass is 15.1. The normalized spacial score (nSPS) is 18.9. The molecule has 0 saturated carbocycles. The van der Waals surface area contributed by atoms with Crippen LogP contribution in [0.5, 0.6) is 0 Å². The lowest BCUT2D eigenvalue weighted by Gasteiger charge is -2.30. The molecule has 1 aliphatic heterocycles. The Kier molecular flexibility index (Phi) is 4.77. The van der Waals surface area contributed by atoms with Gasteiger partial charge in [-0.1, -0.05) is 42.5 Å². The number of hydrogen-bond donors (Lipinski definition) is 1. The summed E-state index contributed by atoms with van der Waals surface area (Å²) < 4.78 is 0. The maximum absolute atomic E-state index is 5.69. The summed E-state index contributed by atoms with van der Waals surface area (Å²) in [5.74, 6) is 0.754. The molecule has 1 fully saturated rings. The lowest BCUT2D eigenvalue weighted by molar-refractivity contribution is 0.204. The number of likely N-dealkylation sites (tertiary alicyclic amines) is 1. The minimum absolute atomic E-state index is 0.754. The second-order valence-corrected chi connectivity index (χ2v) is 4.79. The average molecular weight is 230 g/mol. The van der Waals surface area contributed by atoms with Gasteiger partial charge in [-0.2, -0.15) is 0 Å². The minimum Gasteiger partial charge on any atom is -0.330 e. The summed E-state index contributed by atoms with van der Waals surface area (Å²) in [6.07, 6.45) is 6.98. The van der Waals surface area contributed by atoms with E-state index < -0.39 is 0 Å². The first kappa shape index (κ1) is 12.3. The molecule has 17 heavy (non-hydrogen) atoms. The molecule has 2 heteroatoms. The van der Waals surface area contributed by atoms with Crippen molar-refractivity contribution in [2.75, 3.05) is 26.2 Å².